The van der Waals surface area contributed by atoms with Gasteiger partial charge in [-0.15, -0.1) is 0 Å². The molecule has 25 heavy (non-hydrogen) atoms. The monoisotopic (exact) mass is 410 g/mol. The first-order valence-corrected chi connectivity index (χ1v) is 8.85. The highest BCUT2D eigenvalue weighted by molar-refractivity contribution is 7.80. The summed E-state index contributed by atoms with van der Waals surface area (Å²) in [5, 5.41) is 12.7. The minimum absolute atomic E-state index is 0.432. The van der Waals surface area contributed by atoms with Gasteiger partial charge in [-0.05, 0) is 48.1 Å². The first kappa shape index (κ1) is 18.0. The molecular formula is C17H13Cl3N4S. The van der Waals surface area contributed by atoms with Gasteiger partial charge in [0, 0.05) is 23.0 Å². The van der Waals surface area contributed by atoms with E-state index in [1.807, 2.05) is 36.5 Å². The van der Waals surface area contributed by atoms with Crippen molar-refractivity contribution in [2.45, 2.75) is 6.54 Å². The van der Waals surface area contributed by atoms with Gasteiger partial charge in [0.15, 0.2) is 10.9 Å². The maximum atomic E-state index is 6.03. The van der Waals surface area contributed by atoms with Crippen molar-refractivity contribution in [1.82, 2.24) is 9.78 Å². The van der Waals surface area contributed by atoms with Crippen LogP contribution in [0.25, 0.3) is 0 Å². The molecule has 0 saturated heterocycles. The zero-order chi connectivity index (χ0) is 17.8. The zero-order valence-corrected chi connectivity index (χ0v) is 15.9. The molecule has 0 aliphatic carbocycles. The second kappa shape index (κ2) is 8.06. The van der Waals surface area contributed by atoms with E-state index in [1.54, 1.807) is 22.9 Å². The van der Waals surface area contributed by atoms with Crippen molar-refractivity contribution < 1.29 is 0 Å². The van der Waals surface area contributed by atoms with Gasteiger partial charge in [0.25, 0.3) is 0 Å². The summed E-state index contributed by atoms with van der Waals surface area (Å²) < 4.78 is 1.78. The standard InChI is InChI=1S/C17H13Cl3N4S/c18-12-2-1-3-13(9-12)21-17(25)22-16-6-7-24(23-16)10-11-4-5-14(19)15(20)8-11/h1-9H,10H2,(H2,21,22,23,25). The summed E-state index contributed by atoms with van der Waals surface area (Å²) in [5.74, 6) is 0.639. The summed E-state index contributed by atoms with van der Waals surface area (Å²) in [5.41, 5.74) is 1.81. The summed E-state index contributed by atoms with van der Waals surface area (Å²) >= 11 is 23.2. The van der Waals surface area contributed by atoms with E-state index in [0.29, 0.717) is 32.5 Å². The number of nitrogens with zero attached hydrogens (tertiary/aromatic N) is 2. The second-order valence-electron chi connectivity index (χ2n) is 5.24. The third-order valence-electron chi connectivity index (χ3n) is 3.29. The van der Waals surface area contributed by atoms with Gasteiger partial charge in [0.05, 0.1) is 16.6 Å². The van der Waals surface area contributed by atoms with E-state index in [4.69, 9.17) is 47.0 Å². The minimum Gasteiger partial charge on any atom is -0.332 e. The molecule has 0 aliphatic rings. The molecule has 0 fully saturated rings. The Morgan fingerprint density at radius 1 is 1.00 bits per heavy atom. The van der Waals surface area contributed by atoms with Crippen molar-refractivity contribution in [2.24, 2.45) is 0 Å². The largest absolute Gasteiger partial charge is 0.332 e. The van der Waals surface area contributed by atoms with Crippen LogP contribution in [-0.4, -0.2) is 14.9 Å². The molecule has 1 heterocycles. The molecule has 2 N–H and O–H groups in total. The number of thiocarbonyl (C=S) groups is 1. The number of halogens is 3. The van der Waals surface area contributed by atoms with Crippen molar-refractivity contribution >= 4 is 63.6 Å². The SMILES string of the molecule is S=C(Nc1cccc(Cl)c1)Nc1ccn(Cc2ccc(Cl)c(Cl)c2)n1. The van der Waals surface area contributed by atoms with E-state index in [9.17, 15) is 0 Å². The first-order chi connectivity index (χ1) is 12.0. The minimum atomic E-state index is 0.432. The average Bonchev–Trinajstić information content (AvgIpc) is 2.98. The van der Waals surface area contributed by atoms with Gasteiger partial charge in [-0.3, -0.25) is 4.68 Å². The third kappa shape index (κ3) is 5.09. The molecule has 1 aromatic heterocycles. The normalized spacial score (nSPS) is 10.5. The molecule has 0 saturated carbocycles. The van der Waals surface area contributed by atoms with Crippen LogP contribution in [0.2, 0.25) is 15.1 Å². The van der Waals surface area contributed by atoms with E-state index in [2.05, 4.69) is 15.7 Å². The maximum Gasteiger partial charge on any atom is 0.176 e. The Bertz CT molecular complexity index is 910. The van der Waals surface area contributed by atoms with Crippen molar-refractivity contribution in [1.29, 1.82) is 0 Å². The molecule has 2 aromatic carbocycles. The van der Waals surface area contributed by atoms with Crippen molar-refractivity contribution in [3.8, 4) is 0 Å². The topological polar surface area (TPSA) is 41.9 Å². The fourth-order valence-corrected chi connectivity index (χ4v) is 2.92. The van der Waals surface area contributed by atoms with Crippen LogP contribution in [0.5, 0.6) is 0 Å². The van der Waals surface area contributed by atoms with Gasteiger partial charge in [0.1, 0.15) is 0 Å². The molecule has 128 valence electrons. The highest BCUT2D eigenvalue weighted by Gasteiger charge is 2.05. The lowest BCUT2D eigenvalue weighted by atomic mass is 10.2. The molecule has 0 spiro atoms. The maximum absolute atomic E-state index is 6.03. The molecule has 0 bridgehead atoms. The van der Waals surface area contributed by atoms with Crippen LogP contribution >= 0.6 is 47.0 Å². The van der Waals surface area contributed by atoms with Crippen LogP contribution in [-0.2, 0) is 6.54 Å². The predicted molar refractivity (Wildman–Crippen MR) is 109 cm³/mol. The molecular weight excluding hydrogens is 399 g/mol. The molecule has 3 aromatic rings. The Hall–Kier alpha value is -1.79. The Balaban J connectivity index is 1.61. The summed E-state index contributed by atoms with van der Waals surface area (Å²) in [6.07, 6.45) is 1.85. The molecule has 8 heteroatoms. The van der Waals surface area contributed by atoms with Crippen molar-refractivity contribution in [3.05, 3.63) is 75.4 Å². The smallest absolute Gasteiger partial charge is 0.176 e. The molecule has 0 unspecified atom stereocenters. The van der Waals surface area contributed by atoms with E-state index in [1.165, 1.54) is 0 Å². The Kier molecular flexibility index (Phi) is 5.81. The predicted octanol–water partition coefficient (Wildman–Crippen LogP) is 5.70. The van der Waals surface area contributed by atoms with Crippen LogP contribution in [0.3, 0.4) is 0 Å². The molecule has 4 nitrogen and oxygen atoms in total. The van der Waals surface area contributed by atoms with Gasteiger partial charge >= 0.3 is 0 Å². The lowest BCUT2D eigenvalue weighted by Crippen LogP contribution is -2.19. The third-order valence-corrected chi connectivity index (χ3v) is 4.47. The van der Waals surface area contributed by atoms with Crippen LogP contribution < -0.4 is 10.6 Å². The highest BCUT2D eigenvalue weighted by Crippen LogP contribution is 2.23. The molecule has 0 atom stereocenters. The Morgan fingerprint density at radius 2 is 1.84 bits per heavy atom. The van der Waals surface area contributed by atoms with Crippen LogP contribution in [0.1, 0.15) is 5.56 Å². The van der Waals surface area contributed by atoms with E-state index in [-0.39, 0.29) is 0 Å². The van der Waals surface area contributed by atoms with E-state index < -0.39 is 0 Å². The number of hydrogen-bond acceptors (Lipinski definition) is 2. The number of rotatable bonds is 4. The van der Waals surface area contributed by atoms with Gasteiger partial charge in [-0.1, -0.05) is 46.9 Å². The molecule has 0 aliphatic heterocycles. The fourth-order valence-electron chi connectivity index (χ4n) is 2.19. The zero-order valence-electron chi connectivity index (χ0n) is 12.8. The Labute approximate surface area is 165 Å². The van der Waals surface area contributed by atoms with Crippen molar-refractivity contribution in [3.63, 3.8) is 0 Å². The van der Waals surface area contributed by atoms with Gasteiger partial charge in [-0.2, -0.15) is 5.10 Å². The fraction of sp³-hybridized carbons (Fsp3) is 0.0588. The van der Waals surface area contributed by atoms with Crippen molar-refractivity contribution in [2.75, 3.05) is 10.6 Å². The number of aromatic nitrogens is 2. The van der Waals surface area contributed by atoms with Crippen LogP contribution in [0.15, 0.2) is 54.7 Å². The van der Waals surface area contributed by atoms with Crippen LogP contribution in [0, 0.1) is 0 Å². The lowest BCUT2D eigenvalue weighted by Gasteiger charge is -2.09. The quantitative estimate of drug-likeness (QED) is 0.540. The lowest BCUT2D eigenvalue weighted by molar-refractivity contribution is 0.690. The summed E-state index contributed by atoms with van der Waals surface area (Å²) in [6.45, 7) is 0.576. The van der Waals surface area contributed by atoms with Gasteiger partial charge in [-0.25, -0.2) is 0 Å². The molecule has 3 rings (SSSR count). The first-order valence-electron chi connectivity index (χ1n) is 7.30. The number of nitrogens with one attached hydrogen (secondary N) is 2. The average molecular weight is 412 g/mol. The summed E-state index contributed by atoms with van der Waals surface area (Å²) in [6, 6.07) is 14.7. The van der Waals surface area contributed by atoms with Crippen LogP contribution in [0.4, 0.5) is 11.5 Å². The molecule has 0 amide bonds. The van der Waals surface area contributed by atoms with E-state index >= 15 is 0 Å². The highest BCUT2D eigenvalue weighted by atomic mass is 35.5. The second-order valence-corrected chi connectivity index (χ2v) is 6.90. The van der Waals surface area contributed by atoms with Gasteiger partial charge in [0.2, 0.25) is 0 Å². The van der Waals surface area contributed by atoms with Gasteiger partial charge < -0.3 is 10.6 Å². The number of anilines is 2. The molecule has 0 radical (unpaired) electrons. The summed E-state index contributed by atoms with van der Waals surface area (Å²) in [4.78, 5) is 0. The Morgan fingerprint density at radius 3 is 2.60 bits per heavy atom. The number of hydrogen-bond donors (Lipinski definition) is 2. The summed E-state index contributed by atoms with van der Waals surface area (Å²) in [7, 11) is 0. The van der Waals surface area contributed by atoms with E-state index in [0.717, 1.165) is 11.3 Å². The number of benzene rings is 2.